The van der Waals surface area contributed by atoms with E-state index in [0.29, 0.717) is 17.0 Å². The number of benzene rings is 1. The van der Waals surface area contributed by atoms with Gasteiger partial charge >= 0.3 is 0 Å². The summed E-state index contributed by atoms with van der Waals surface area (Å²) in [7, 11) is -1.85. The van der Waals surface area contributed by atoms with E-state index in [1.807, 2.05) is 0 Å². The Hall–Kier alpha value is -2.73. The first kappa shape index (κ1) is 23.4. The molecule has 0 spiro atoms. The van der Waals surface area contributed by atoms with Crippen molar-refractivity contribution in [3.63, 3.8) is 0 Å². The lowest BCUT2D eigenvalue weighted by Gasteiger charge is -2.56. The molecule has 2 aliphatic heterocycles. The number of aliphatic imine (C=N–C) groups is 1. The summed E-state index contributed by atoms with van der Waals surface area (Å²) in [4.78, 5) is 21.5. The van der Waals surface area contributed by atoms with Gasteiger partial charge in [-0.25, -0.2) is 9.37 Å². The van der Waals surface area contributed by atoms with Crippen molar-refractivity contribution >= 4 is 28.0 Å². The highest BCUT2D eigenvalue weighted by Gasteiger charge is 2.61. The third-order valence-electron chi connectivity index (χ3n) is 6.40. The zero-order valence-corrected chi connectivity index (χ0v) is 19.6. The van der Waals surface area contributed by atoms with Gasteiger partial charge in [0, 0.05) is 11.3 Å². The summed E-state index contributed by atoms with van der Waals surface area (Å²) in [6.07, 6.45) is 1.43. The van der Waals surface area contributed by atoms with Crippen LogP contribution in [0.15, 0.2) is 35.5 Å². The third-order valence-corrected chi connectivity index (χ3v) is 9.43. The average Bonchev–Trinajstić information content (AvgIpc) is 3.19. The Morgan fingerprint density at radius 2 is 2.09 bits per heavy atom. The first-order valence-corrected chi connectivity index (χ1v) is 11.9. The predicted octanol–water partition coefficient (Wildman–Crippen LogP) is 3.28. The van der Waals surface area contributed by atoms with Crippen molar-refractivity contribution in [3.05, 3.63) is 53.1 Å². The van der Waals surface area contributed by atoms with E-state index in [4.69, 9.17) is 15.2 Å². The second kappa shape index (κ2) is 7.94. The molecule has 2 aliphatic rings. The molecule has 1 unspecified atom stereocenters. The van der Waals surface area contributed by atoms with Crippen LogP contribution in [0.5, 0.6) is 5.75 Å². The number of carbonyl (C=O) groups excluding carboxylic acids is 1. The highest BCUT2D eigenvalue weighted by molar-refractivity contribution is 8.26. The number of amides is 1. The normalized spacial score (nSPS) is 26.2. The fourth-order valence-electron chi connectivity index (χ4n) is 4.22. The number of hydrogen-bond donors (Lipinski definition) is 4. The van der Waals surface area contributed by atoms with Gasteiger partial charge in [-0.15, -0.1) is 0 Å². The molecule has 11 heteroatoms. The molecular weight excluding hydrogens is 451 g/mol. The summed E-state index contributed by atoms with van der Waals surface area (Å²) in [6, 6.07) is 5.72. The van der Waals surface area contributed by atoms with Gasteiger partial charge in [0.25, 0.3) is 5.91 Å². The van der Waals surface area contributed by atoms with E-state index in [0.717, 1.165) is 0 Å². The Labute approximate surface area is 192 Å². The maximum absolute atomic E-state index is 15.1. The van der Waals surface area contributed by atoms with E-state index in [1.165, 1.54) is 31.5 Å². The summed E-state index contributed by atoms with van der Waals surface area (Å²) in [5.74, 6) is -0.569. The maximum Gasteiger partial charge on any atom is 0.274 e. The molecule has 1 saturated heterocycles. The van der Waals surface area contributed by atoms with Crippen molar-refractivity contribution in [2.45, 2.75) is 36.3 Å². The molecule has 33 heavy (non-hydrogen) atoms. The van der Waals surface area contributed by atoms with Gasteiger partial charge in [-0.05, 0) is 50.6 Å². The number of methoxy groups -OCH3 is 1. The minimum atomic E-state index is -3.36. The first-order valence-electron chi connectivity index (χ1n) is 10.3. The van der Waals surface area contributed by atoms with Crippen molar-refractivity contribution in [1.29, 1.82) is 0 Å². The number of anilines is 1. The van der Waals surface area contributed by atoms with Crippen LogP contribution in [-0.4, -0.2) is 56.2 Å². The van der Waals surface area contributed by atoms with Crippen LogP contribution in [0.25, 0.3) is 0 Å². The molecule has 1 aromatic carbocycles. The molecule has 178 valence electrons. The minimum Gasteiger partial charge on any atom is -0.495 e. The first-order chi connectivity index (χ1) is 15.4. The van der Waals surface area contributed by atoms with Crippen molar-refractivity contribution in [1.82, 2.24) is 4.98 Å². The Balaban J connectivity index is 1.74. The molecule has 0 saturated carbocycles. The Bertz CT molecular complexity index is 1160. The lowest BCUT2D eigenvalue weighted by molar-refractivity contribution is 0.102. The van der Waals surface area contributed by atoms with Crippen LogP contribution in [0.2, 0.25) is 0 Å². The molecule has 1 fully saturated rings. The van der Waals surface area contributed by atoms with Gasteiger partial charge in [0.05, 0.1) is 26.5 Å². The lowest BCUT2D eigenvalue weighted by Crippen LogP contribution is -2.57. The molecule has 9 nitrogen and oxygen atoms in total. The molecule has 2 aromatic rings. The fraction of sp³-hybridized carbons (Fsp3) is 0.409. The predicted molar refractivity (Wildman–Crippen MR) is 125 cm³/mol. The monoisotopic (exact) mass is 478 g/mol. The SMILES string of the molecule is COc1cnc(C(=O)Nc2ccc(F)c(C34COC[C@H]3S(O)(O)C(C)(C)C(N)=N4)c2)c(C)c1. The molecule has 2 atom stereocenters. The van der Waals surface area contributed by atoms with E-state index in [9.17, 15) is 13.9 Å². The van der Waals surface area contributed by atoms with Crippen molar-refractivity contribution < 1.29 is 27.8 Å². The van der Waals surface area contributed by atoms with Gasteiger partial charge in [-0.2, -0.15) is 10.6 Å². The Morgan fingerprint density at radius 3 is 2.76 bits per heavy atom. The van der Waals surface area contributed by atoms with E-state index >= 15 is 4.39 Å². The van der Waals surface area contributed by atoms with Crippen molar-refractivity contribution in [2.75, 3.05) is 25.6 Å². The number of pyridine rings is 1. The number of rotatable bonds is 4. The number of fused-ring (bicyclic) bond motifs is 1. The number of ether oxygens (including phenoxy) is 2. The lowest BCUT2D eigenvalue weighted by atomic mass is 9.87. The molecule has 5 N–H and O–H groups in total. The highest BCUT2D eigenvalue weighted by Crippen LogP contribution is 2.66. The Kier molecular flexibility index (Phi) is 5.64. The van der Waals surface area contributed by atoms with Crippen LogP contribution >= 0.6 is 10.6 Å². The van der Waals surface area contributed by atoms with Crippen LogP contribution in [0, 0.1) is 12.7 Å². The van der Waals surface area contributed by atoms with E-state index < -0.39 is 37.9 Å². The fourth-order valence-corrected chi connectivity index (χ4v) is 6.36. The summed E-state index contributed by atoms with van der Waals surface area (Å²) in [5, 5.41) is 1.83. The molecule has 0 radical (unpaired) electrons. The van der Waals surface area contributed by atoms with Gasteiger partial charge in [0.15, 0.2) is 0 Å². The molecule has 0 aliphatic carbocycles. The number of nitrogens with two attached hydrogens (primary N) is 1. The summed E-state index contributed by atoms with van der Waals surface area (Å²) < 4.78 is 46.8. The smallest absolute Gasteiger partial charge is 0.274 e. The molecule has 1 aromatic heterocycles. The van der Waals surface area contributed by atoms with Crippen LogP contribution in [-0.2, 0) is 10.3 Å². The van der Waals surface area contributed by atoms with Crippen molar-refractivity contribution in [3.8, 4) is 5.75 Å². The number of aromatic nitrogens is 1. The largest absolute Gasteiger partial charge is 0.495 e. The van der Waals surface area contributed by atoms with Gasteiger partial charge in [0.1, 0.15) is 38.6 Å². The van der Waals surface area contributed by atoms with Crippen LogP contribution in [0.3, 0.4) is 0 Å². The summed E-state index contributed by atoms with van der Waals surface area (Å²) >= 11 is 0. The molecular formula is C22H27FN4O5S. The maximum atomic E-state index is 15.1. The van der Waals surface area contributed by atoms with Gasteiger partial charge in [0.2, 0.25) is 0 Å². The zero-order valence-electron chi connectivity index (χ0n) is 18.8. The van der Waals surface area contributed by atoms with Gasteiger partial charge < -0.3 is 20.5 Å². The van der Waals surface area contributed by atoms with E-state index in [1.54, 1.807) is 26.8 Å². The van der Waals surface area contributed by atoms with Gasteiger partial charge in [-0.3, -0.25) is 18.9 Å². The number of amidine groups is 1. The molecule has 3 heterocycles. The third kappa shape index (κ3) is 3.55. The van der Waals surface area contributed by atoms with Crippen molar-refractivity contribution in [2.24, 2.45) is 10.7 Å². The number of nitrogens with zero attached hydrogens (tertiary/aromatic N) is 2. The molecule has 4 rings (SSSR count). The highest BCUT2D eigenvalue weighted by atomic mass is 32.3. The number of aryl methyl sites for hydroxylation is 1. The number of halogens is 1. The van der Waals surface area contributed by atoms with E-state index in [2.05, 4.69) is 15.3 Å². The average molecular weight is 479 g/mol. The standard InChI is InChI=1S/C22H27FN4O5S/c1-12-7-14(31-4)9-25-18(12)19(28)26-13-5-6-16(23)15(8-13)22-11-32-10-17(22)33(29,30)21(2,3)20(24)27-22/h5-9,17,29-30H,10-11H2,1-4H3,(H2,24,27)(H,26,28)/t17-,22?/m1/s1. The number of hydrogen-bond acceptors (Lipinski definition) is 8. The summed E-state index contributed by atoms with van der Waals surface area (Å²) in [6.45, 7) is 4.85. The van der Waals surface area contributed by atoms with Crippen LogP contribution in [0.1, 0.15) is 35.5 Å². The van der Waals surface area contributed by atoms with Crippen LogP contribution in [0.4, 0.5) is 10.1 Å². The quantitative estimate of drug-likeness (QED) is 0.529. The summed E-state index contributed by atoms with van der Waals surface area (Å²) in [5.41, 5.74) is 5.88. The molecule has 0 bridgehead atoms. The molecule has 1 amide bonds. The zero-order chi connectivity index (χ0) is 24.2. The second-order valence-corrected chi connectivity index (χ2v) is 11.5. The topological polar surface area (TPSA) is 139 Å². The number of nitrogens with one attached hydrogen (secondary N) is 1. The minimum absolute atomic E-state index is 0.00642. The second-order valence-electron chi connectivity index (χ2n) is 8.72. The number of carbonyl (C=O) groups is 1. The van der Waals surface area contributed by atoms with Crippen LogP contribution < -0.4 is 15.8 Å². The van der Waals surface area contributed by atoms with E-state index in [-0.39, 0.29) is 30.3 Å². The van der Waals surface area contributed by atoms with Gasteiger partial charge in [-0.1, -0.05) is 0 Å². The Morgan fingerprint density at radius 1 is 1.36 bits per heavy atom.